The second kappa shape index (κ2) is 9.02. The van der Waals surface area contributed by atoms with Crippen molar-refractivity contribution in [2.45, 2.75) is 44.4 Å². The molecular formula is C19H24N4O3S. The molecule has 2 aromatic rings. The van der Waals surface area contributed by atoms with Gasteiger partial charge in [0.25, 0.3) is 5.56 Å². The topological polar surface area (TPSA) is 108 Å². The maximum absolute atomic E-state index is 12.7. The maximum Gasteiger partial charge on any atom is 0.262 e. The van der Waals surface area contributed by atoms with E-state index in [4.69, 9.17) is 5.11 Å². The number of thioether (sulfide) groups is 1. The van der Waals surface area contributed by atoms with Crippen LogP contribution < -0.4 is 10.9 Å². The third-order valence-electron chi connectivity index (χ3n) is 4.48. The Bertz CT molecular complexity index is 919. The minimum Gasteiger partial charge on any atom is -0.396 e. The smallest absolute Gasteiger partial charge is 0.262 e. The molecule has 0 saturated heterocycles. The molecule has 8 heteroatoms. The van der Waals surface area contributed by atoms with Gasteiger partial charge in [0.05, 0.1) is 22.7 Å². The van der Waals surface area contributed by atoms with Crippen LogP contribution in [0.3, 0.4) is 0 Å². The number of aliphatic hydroxyl groups excluding tert-OH is 1. The second-order valence-corrected chi connectivity index (χ2v) is 7.69. The summed E-state index contributed by atoms with van der Waals surface area (Å²) in [4.78, 5) is 29.6. The average molecular weight is 388 g/mol. The molecule has 0 fully saturated rings. The number of benzene rings is 1. The molecule has 1 aromatic heterocycles. The van der Waals surface area contributed by atoms with Crippen molar-refractivity contribution < 1.29 is 9.90 Å². The molecule has 0 aliphatic heterocycles. The molecule has 0 aliphatic carbocycles. The van der Waals surface area contributed by atoms with Gasteiger partial charge in [0.1, 0.15) is 5.54 Å². The lowest BCUT2D eigenvalue weighted by Gasteiger charge is -2.27. The maximum atomic E-state index is 12.7. The van der Waals surface area contributed by atoms with E-state index in [1.807, 2.05) is 13.8 Å². The van der Waals surface area contributed by atoms with Gasteiger partial charge in [-0.05, 0) is 31.4 Å². The Labute approximate surface area is 162 Å². The van der Waals surface area contributed by atoms with Gasteiger partial charge in [0.2, 0.25) is 5.91 Å². The first-order valence-corrected chi connectivity index (χ1v) is 9.76. The fourth-order valence-electron chi connectivity index (χ4n) is 2.44. The molecule has 1 amide bonds. The highest BCUT2D eigenvalue weighted by atomic mass is 32.2. The van der Waals surface area contributed by atoms with Crippen molar-refractivity contribution in [3.05, 3.63) is 34.6 Å². The Morgan fingerprint density at radius 3 is 2.78 bits per heavy atom. The Morgan fingerprint density at radius 1 is 1.44 bits per heavy atom. The van der Waals surface area contributed by atoms with Crippen LogP contribution >= 0.6 is 11.8 Å². The van der Waals surface area contributed by atoms with Gasteiger partial charge < -0.3 is 10.4 Å². The van der Waals surface area contributed by atoms with Crippen molar-refractivity contribution >= 4 is 28.6 Å². The van der Waals surface area contributed by atoms with Gasteiger partial charge >= 0.3 is 0 Å². The summed E-state index contributed by atoms with van der Waals surface area (Å²) in [6.45, 7) is 5.70. The number of hydrogen-bond acceptors (Lipinski definition) is 6. The Kier molecular flexibility index (Phi) is 6.99. The van der Waals surface area contributed by atoms with Crippen molar-refractivity contribution in [2.24, 2.45) is 5.92 Å². The summed E-state index contributed by atoms with van der Waals surface area (Å²) < 4.78 is 1.49. The Morgan fingerprint density at radius 2 is 2.15 bits per heavy atom. The zero-order valence-electron chi connectivity index (χ0n) is 15.7. The lowest BCUT2D eigenvalue weighted by molar-refractivity contribution is -0.120. The number of carbonyl (C=O) groups excluding carboxylic acids is 1. The SMILES string of the molecule is CC(C)[C@@](C)(C#N)NC(=O)CSc1nc2ccccc2c(=O)n1CCCO. The molecule has 0 spiro atoms. The molecule has 0 bridgehead atoms. The summed E-state index contributed by atoms with van der Waals surface area (Å²) in [5.74, 6) is -0.305. The lowest BCUT2D eigenvalue weighted by atomic mass is 9.90. The highest BCUT2D eigenvalue weighted by Gasteiger charge is 2.30. The molecule has 2 N–H and O–H groups in total. The number of fused-ring (bicyclic) bond motifs is 1. The number of nitrogens with zero attached hydrogens (tertiary/aromatic N) is 3. The number of hydrogen-bond donors (Lipinski definition) is 2. The van der Waals surface area contributed by atoms with E-state index in [2.05, 4.69) is 16.4 Å². The van der Waals surface area contributed by atoms with Gasteiger partial charge in [0.15, 0.2) is 5.16 Å². The average Bonchev–Trinajstić information content (AvgIpc) is 2.65. The third-order valence-corrected chi connectivity index (χ3v) is 5.46. The molecule has 0 saturated carbocycles. The summed E-state index contributed by atoms with van der Waals surface area (Å²) in [5, 5.41) is 22.1. The standard InChI is InChI=1S/C19H24N4O3S/c1-13(2)19(3,12-20)22-16(25)11-27-18-21-15-8-5-4-7-14(15)17(26)23(18)9-6-10-24/h4-5,7-8,13,24H,6,9-11H2,1-3H3,(H,22,25)/t19-/m1/s1. The monoisotopic (exact) mass is 388 g/mol. The molecule has 27 heavy (non-hydrogen) atoms. The van der Waals surface area contributed by atoms with Crippen molar-refractivity contribution in [1.29, 1.82) is 5.26 Å². The molecule has 144 valence electrons. The zero-order valence-corrected chi connectivity index (χ0v) is 16.5. The van der Waals surface area contributed by atoms with Gasteiger partial charge in [-0.1, -0.05) is 37.7 Å². The first-order chi connectivity index (χ1) is 12.8. The number of rotatable bonds is 8. The molecular weight excluding hydrogens is 364 g/mol. The number of aliphatic hydroxyl groups is 1. The highest BCUT2D eigenvalue weighted by Crippen LogP contribution is 2.20. The van der Waals surface area contributed by atoms with Crippen LogP contribution in [0.25, 0.3) is 10.9 Å². The van der Waals surface area contributed by atoms with Gasteiger partial charge in [-0.2, -0.15) is 5.26 Å². The quantitative estimate of drug-likeness (QED) is 0.528. The molecule has 1 atom stereocenters. The van der Waals surface area contributed by atoms with Crippen LogP contribution in [0.15, 0.2) is 34.2 Å². The van der Waals surface area contributed by atoms with E-state index in [9.17, 15) is 14.9 Å². The fraction of sp³-hybridized carbons (Fsp3) is 0.474. The van der Waals surface area contributed by atoms with Crippen LogP contribution in [0, 0.1) is 17.2 Å². The number of aromatic nitrogens is 2. The van der Waals surface area contributed by atoms with E-state index < -0.39 is 5.54 Å². The molecule has 1 aromatic carbocycles. The van der Waals surface area contributed by atoms with E-state index in [1.165, 1.54) is 4.57 Å². The van der Waals surface area contributed by atoms with Crippen LogP contribution in [0.4, 0.5) is 0 Å². The third kappa shape index (κ3) is 4.87. The van der Waals surface area contributed by atoms with E-state index >= 15 is 0 Å². The van der Waals surface area contributed by atoms with Gasteiger partial charge in [0, 0.05) is 13.2 Å². The van der Waals surface area contributed by atoms with E-state index in [1.54, 1.807) is 31.2 Å². The van der Waals surface area contributed by atoms with E-state index in [0.717, 1.165) is 11.8 Å². The Hall–Kier alpha value is -2.37. The van der Waals surface area contributed by atoms with Crippen molar-refractivity contribution in [3.8, 4) is 6.07 Å². The van der Waals surface area contributed by atoms with E-state index in [-0.39, 0.29) is 29.7 Å². The minimum absolute atomic E-state index is 0.0356. The highest BCUT2D eigenvalue weighted by molar-refractivity contribution is 7.99. The van der Waals surface area contributed by atoms with Crippen molar-refractivity contribution in [2.75, 3.05) is 12.4 Å². The largest absolute Gasteiger partial charge is 0.396 e. The van der Waals surface area contributed by atoms with Gasteiger partial charge in [-0.15, -0.1) is 0 Å². The number of nitrogens with one attached hydrogen (secondary N) is 1. The van der Waals surface area contributed by atoms with E-state index in [0.29, 0.717) is 29.0 Å². The molecule has 7 nitrogen and oxygen atoms in total. The van der Waals surface area contributed by atoms with Crippen LogP contribution in [-0.2, 0) is 11.3 Å². The van der Waals surface area contributed by atoms with Gasteiger partial charge in [-0.25, -0.2) is 4.98 Å². The summed E-state index contributed by atoms with van der Waals surface area (Å²) in [5.41, 5.74) is -0.582. The fourth-order valence-corrected chi connectivity index (χ4v) is 3.27. The summed E-state index contributed by atoms with van der Waals surface area (Å²) in [6.07, 6.45) is 0.416. The van der Waals surface area contributed by atoms with Crippen molar-refractivity contribution in [3.63, 3.8) is 0 Å². The lowest BCUT2D eigenvalue weighted by Crippen LogP contribution is -2.49. The number of amides is 1. The number of nitriles is 1. The van der Waals surface area contributed by atoms with Crippen molar-refractivity contribution in [1.82, 2.24) is 14.9 Å². The predicted octanol–water partition coefficient (Wildman–Crippen LogP) is 1.93. The number of para-hydroxylation sites is 1. The van der Waals surface area contributed by atoms with Crippen LogP contribution in [0.2, 0.25) is 0 Å². The minimum atomic E-state index is -0.953. The zero-order chi connectivity index (χ0) is 20.0. The first-order valence-electron chi connectivity index (χ1n) is 8.78. The van der Waals surface area contributed by atoms with Crippen LogP contribution in [0.5, 0.6) is 0 Å². The molecule has 0 aliphatic rings. The van der Waals surface area contributed by atoms with Crippen LogP contribution in [0.1, 0.15) is 27.2 Å². The molecule has 0 radical (unpaired) electrons. The number of carbonyl (C=O) groups is 1. The summed E-state index contributed by atoms with van der Waals surface area (Å²) in [6, 6.07) is 9.18. The van der Waals surface area contributed by atoms with Gasteiger partial charge in [-0.3, -0.25) is 14.2 Å². The summed E-state index contributed by atoms with van der Waals surface area (Å²) >= 11 is 1.15. The summed E-state index contributed by atoms with van der Waals surface area (Å²) in [7, 11) is 0. The second-order valence-electron chi connectivity index (χ2n) is 6.75. The normalized spacial score (nSPS) is 13.3. The Balaban J connectivity index is 2.26. The predicted molar refractivity (Wildman–Crippen MR) is 105 cm³/mol. The van der Waals surface area contributed by atoms with Crippen LogP contribution in [-0.4, -0.2) is 38.5 Å². The molecule has 0 unspecified atom stereocenters. The molecule has 2 rings (SSSR count). The molecule has 1 heterocycles. The first kappa shape index (κ1) is 20.9.